The Hall–Kier alpha value is -2.84. The van der Waals surface area contributed by atoms with E-state index < -0.39 is 18.0 Å². The van der Waals surface area contributed by atoms with E-state index in [1.54, 1.807) is 45.2 Å². The molecule has 0 aliphatic heterocycles. The Kier molecular flexibility index (Phi) is 7.19. The minimum absolute atomic E-state index is 0.241. The second-order valence-corrected chi connectivity index (χ2v) is 7.12. The van der Waals surface area contributed by atoms with Crippen LogP contribution in [0.25, 0.3) is 11.1 Å². The third-order valence-electron chi connectivity index (χ3n) is 3.75. The van der Waals surface area contributed by atoms with E-state index in [2.05, 4.69) is 15.6 Å². The van der Waals surface area contributed by atoms with E-state index in [1.807, 2.05) is 12.1 Å². The molecule has 0 saturated carbocycles. The van der Waals surface area contributed by atoms with Gasteiger partial charge >= 0.3 is 6.09 Å². The highest BCUT2D eigenvalue weighted by atomic mass is 16.7. The Morgan fingerprint density at radius 1 is 1.07 bits per heavy atom. The molecule has 3 N–H and O–H groups in total. The lowest BCUT2D eigenvalue weighted by atomic mass is 10.1. The lowest BCUT2D eigenvalue weighted by Crippen LogP contribution is -2.34. The van der Waals surface area contributed by atoms with Gasteiger partial charge in [0.2, 0.25) is 0 Å². The fraction of sp³-hybridized carbons (Fsp3) is 0.400. The van der Waals surface area contributed by atoms with Crippen molar-refractivity contribution >= 4 is 17.7 Å². The Balaban J connectivity index is 1.97. The van der Waals surface area contributed by atoms with Gasteiger partial charge in [0.15, 0.2) is 6.29 Å². The lowest BCUT2D eigenvalue weighted by Gasteiger charge is -2.19. The van der Waals surface area contributed by atoms with Crippen molar-refractivity contribution < 1.29 is 23.8 Å². The van der Waals surface area contributed by atoms with Gasteiger partial charge in [0.25, 0.3) is 5.91 Å². The molecular weight excluding hydrogens is 362 g/mol. The average Bonchev–Trinajstić information content (AvgIpc) is 3.11. The highest BCUT2D eigenvalue weighted by Gasteiger charge is 2.16. The molecule has 2 amide bonds. The monoisotopic (exact) mass is 389 g/mol. The number of amides is 2. The van der Waals surface area contributed by atoms with Crippen LogP contribution in [0, 0.1) is 0 Å². The normalized spacial score (nSPS) is 11.4. The van der Waals surface area contributed by atoms with Crippen LogP contribution in [0.3, 0.4) is 0 Å². The molecule has 8 heteroatoms. The van der Waals surface area contributed by atoms with Crippen LogP contribution in [0.15, 0.2) is 36.5 Å². The number of anilines is 1. The first-order chi connectivity index (χ1) is 13.2. The first-order valence-electron chi connectivity index (χ1n) is 8.84. The molecule has 28 heavy (non-hydrogen) atoms. The van der Waals surface area contributed by atoms with Crippen molar-refractivity contribution in [3.05, 3.63) is 42.2 Å². The van der Waals surface area contributed by atoms with E-state index in [0.29, 0.717) is 11.4 Å². The van der Waals surface area contributed by atoms with E-state index in [4.69, 9.17) is 14.2 Å². The molecule has 0 fully saturated rings. The van der Waals surface area contributed by atoms with Crippen LogP contribution in [0.1, 0.15) is 31.3 Å². The molecule has 0 atom stereocenters. The molecule has 0 bridgehead atoms. The number of carbonyl (C=O) groups is 2. The summed E-state index contributed by atoms with van der Waals surface area (Å²) in [5, 5.41) is 5.42. The quantitative estimate of drug-likeness (QED) is 0.630. The maximum atomic E-state index is 12.2. The van der Waals surface area contributed by atoms with Gasteiger partial charge in [-0.1, -0.05) is 12.1 Å². The number of nitrogens with one attached hydrogen (secondary N) is 3. The van der Waals surface area contributed by atoms with Crippen molar-refractivity contribution in [3.63, 3.8) is 0 Å². The molecule has 8 nitrogen and oxygen atoms in total. The summed E-state index contributed by atoms with van der Waals surface area (Å²) in [6.45, 7) is 5.66. The molecule has 0 saturated heterocycles. The van der Waals surface area contributed by atoms with E-state index >= 15 is 0 Å². The molecule has 2 rings (SSSR count). The predicted octanol–water partition coefficient (Wildman–Crippen LogP) is 3.38. The van der Waals surface area contributed by atoms with Crippen molar-refractivity contribution in [2.75, 3.05) is 26.1 Å². The molecule has 1 heterocycles. The van der Waals surface area contributed by atoms with Gasteiger partial charge in [-0.3, -0.25) is 10.1 Å². The van der Waals surface area contributed by atoms with Gasteiger partial charge in [-0.05, 0) is 50.1 Å². The van der Waals surface area contributed by atoms with Gasteiger partial charge in [-0.2, -0.15) is 0 Å². The van der Waals surface area contributed by atoms with Gasteiger partial charge in [-0.25, -0.2) is 4.79 Å². The highest BCUT2D eigenvalue weighted by Crippen LogP contribution is 2.22. The zero-order chi connectivity index (χ0) is 20.7. The summed E-state index contributed by atoms with van der Waals surface area (Å²) >= 11 is 0. The van der Waals surface area contributed by atoms with Crippen LogP contribution in [0.4, 0.5) is 10.5 Å². The van der Waals surface area contributed by atoms with E-state index in [-0.39, 0.29) is 12.5 Å². The maximum absolute atomic E-state index is 12.2. The van der Waals surface area contributed by atoms with Crippen LogP contribution >= 0.6 is 0 Å². The summed E-state index contributed by atoms with van der Waals surface area (Å²) in [5.74, 6) is -0.256. The largest absolute Gasteiger partial charge is 0.444 e. The summed E-state index contributed by atoms with van der Waals surface area (Å²) < 4.78 is 15.3. The SMILES string of the molecule is COC(CNC(=O)c1cc(-c2ccc(NC(=O)OC(C)(C)C)cc2)c[nH]1)OC. The smallest absolute Gasteiger partial charge is 0.412 e. The summed E-state index contributed by atoms with van der Waals surface area (Å²) in [5.41, 5.74) is 2.24. The third-order valence-corrected chi connectivity index (χ3v) is 3.75. The molecule has 0 aliphatic rings. The Morgan fingerprint density at radius 2 is 1.71 bits per heavy atom. The molecule has 0 unspecified atom stereocenters. The molecule has 0 radical (unpaired) electrons. The van der Waals surface area contributed by atoms with Gasteiger partial charge in [0.1, 0.15) is 11.3 Å². The second kappa shape index (κ2) is 9.38. The Bertz CT molecular complexity index is 789. The number of carbonyl (C=O) groups excluding carboxylic acids is 2. The van der Waals surface area contributed by atoms with Crippen LogP contribution in [-0.2, 0) is 14.2 Å². The number of H-pyrrole nitrogens is 1. The maximum Gasteiger partial charge on any atom is 0.412 e. The number of ether oxygens (including phenoxy) is 3. The average molecular weight is 389 g/mol. The van der Waals surface area contributed by atoms with Gasteiger partial charge in [-0.15, -0.1) is 0 Å². The summed E-state index contributed by atoms with van der Waals surface area (Å²) in [6.07, 6.45) is 0.740. The van der Waals surface area contributed by atoms with Gasteiger partial charge < -0.3 is 24.5 Å². The minimum Gasteiger partial charge on any atom is -0.444 e. The zero-order valence-electron chi connectivity index (χ0n) is 16.8. The first kappa shape index (κ1) is 21.5. The van der Waals surface area contributed by atoms with E-state index in [0.717, 1.165) is 11.1 Å². The molecular formula is C20H27N3O5. The topological polar surface area (TPSA) is 102 Å². The molecule has 1 aromatic carbocycles. The number of aromatic nitrogens is 1. The summed E-state index contributed by atoms with van der Waals surface area (Å²) in [6, 6.07) is 8.99. The van der Waals surface area contributed by atoms with Crippen molar-refractivity contribution in [2.45, 2.75) is 32.7 Å². The van der Waals surface area contributed by atoms with Gasteiger partial charge in [0.05, 0.1) is 6.54 Å². The molecule has 1 aromatic heterocycles. The first-order valence-corrected chi connectivity index (χ1v) is 8.84. The summed E-state index contributed by atoms with van der Waals surface area (Å²) in [4.78, 5) is 27.0. The lowest BCUT2D eigenvalue weighted by molar-refractivity contribution is -0.0974. The number of hydrogen-bond acceptors (Lipinski definition) is 5. The van der Waals surface area contributed by atoms with Crippen molar-refractivity contribution in [3.8, 4) is 11.1 Å². The van der Waals surface area contributed by atoms with E-state index in [1.165, 1.54) is 14.2 Å². The molecule has 2 aromatic rings. The number of rotatable bonds is 7. The van der Waals surface area contributed by atoms with Crippen molar-refractivity contribution in [1.29, 1.82) is 0 Å². The van der Waals surface area contributed by atoms with Crippen molar-refractivity contribution in [1.82, 2.24) is 10.3 Å². The molecule has 0 aliphatic carbocycles. The van der Waals surface area contributed by atoms with Crippen LogP contribution in [-0.4, -0.2) is 49.6 Å². The third kappa shape index (κ3) is 6.40. The van der Waals surface area contributed by atoms with Crippen molar-refractivity contribution in [2.24, 2.45) is 0 Å². The summed E-state index contributed by atoms with van der Waals surface area (Å²) in [7, 11) is 3.02. The molecule has 0 spiro atoms. The fourth-order valence-electron chi connectivity index (χ4n) is 2.39. The Morgan fingerprint density at radius 3 is 2.29 bits per heavy atom. The fourth-order valence-corrected chi connectivity index (χ4v) is 2.39. The minimum atomic E-state index is -0.557. The van der Waals surface area contributed by atoms with Gasteiger partial charge in [0, 0.05) is 26.1 Å². The van der Waals surface area contributed by atoms with Crippen LogP contribution in [0.5, 0.6) is 0 Å². The molecule has 152 valence electrons. The second-order valence-electron chi connectivity index (χ2n) is 7.12. The predicted molar refractivity (Wildman–Crippen MR) is 106 cm³/mol. The van der Waals surface area contributed by atoms with E-state index in [9.17, 15) is 9.59 Å². The highest BCUT2D eigenvalue weighted by molar-refractivity contribution is 5.94. The van der Waals surface area contributed by atoms with Crippen LogP contribution in [0.2, 0.25) is 0 Å². The standard InChI is InChI=1S/C20H27N3O5/c1-20(2,3)28-19(25)23-15-8-6-13(7-9-15)14-10-16(21-11-14)18(24)22-12-17(26-4)27-5/h6-11,17,21H,12H2,1-5H3,(H,22,24)(H,23,25). The Labute approximate surface area is 164 Å². The van der Waals surface area contributed by atoms with Crippen LogP contribution < -0.4 is 10.6 Å². The number of benzene rings is 1. The zero-order valence-corrected chi connectivity index (χ0v) is 16.8. The number of methoxy groups -OCH3 is 2. The number of hydrogen-bond donors (Lipinski definition) is 3. The number of aromatic amines is 1.